The fraction of sp³-hybridized carbons (Fsp3) is 0.895. The maximum atomic E-state index is 12.1. The molecule has 3 aliphatic rings. The van der Waals surface area contributed by atoms with E-state index >= 15 is 0 Å². The van der Waals surface area contributed by atoms with Gasteiger partial charge in [0.05, 0.1) is 12.1 Å². The van der Waals surface area contributed by atoms with E-state index in [9.17, 15) is 4.79 Å². The van der Waals surface area contributed by atoms with Crippen LogP contribution in [0.3, 0.4) is 0 Å². The van der Waals surface area contributed by atoms with Crippen LogP contribution in [-0.4, -0.2) is 67.0 Å². The summed E-state index contributed by atoms with van der Waals surface area (Å²) in [5, 5.41) is 7.09. The normalized spacial score (nSPS) is 30.9. The monoisotopic (exact) mass is 366 g/mol. The van der Waals surface area contributed by atoms with E-state index in [0.29, 0.717) is 31.2 Å². The molecule has 0 aromatic carbocycles. The summed E-state index contributed by atoms with van der Waals surface area (Å²) in [4.78, 5) is 18.4. The first-order valence-corrected chi connectivity index (χ1v) is 9.79. The lowest BCUT2D eigenvalue weighted by molar-refractivity contribution is -0.107. The molecule has 1 saturated carbocycles. The van der Waals surface area contributed by atoms with Gasteiger partial charge in [0.1, 0.15) is 5.60 Å². The summed E-state index contributed by atoms with van der Waals surface area (Å²) in [6, 6.07) is 0.578. The molecule has 2 aliphatic heterocycles. The molecule has 2 N–H and O–H groups in total. The number of amides is 1. The van der Waals surface area contributed by atoms with Gasteiger partial charge in [0.15, 0.2) is 5.96 Å². The minimum Gasteiger partial charge on any atom is -0.444 e. The number of nitrogens with zero attached hydrogens (tertiary/aromatic N) is 2. The van der Waals surface area contributed by atoms with Crippen molar-refractivity contribution in [3.8, 4) is 0 Å². The van der Waals surface area contributed by atoms with E-state index < -0.39 is 5.60 Å². The Kier molecular flexibility index (Phi) is 5.12. The second-order valence-electron chi connectivity index (χ2n) is 9.24. The Morgan fingerprint density at radius 2 is 2.00 bits per heavy atom. The van der Waals surface area contributed by atoms with Crippen LogP contribution >= 0.6 is 0 Å². The van der Waals surface area contributed by atoms with Crippen LogP contribution in [0.1, 0.15) is 48.0 Å². The van der Waals surface area contributed by atoms with Crippen LogP contribution in [0, 0.1) is 11.3 Å². The Hall–Kier alpha value is -1.50. The molecule has 2 saturated heterocycles. The zero-order chi connectivity index (χ0) is 19.1. The van der Waals surface area contributed by atoms with E-state index in [1.54, 1.807) is 4.90 Å². The third kappa shape index (κ3) is 3.77. The van der Waals surface area contributed by atoms with Crippen molar-refractivity contribution in [1.29, 1.82) is 0 Å². The Labute approximate surface area is 156 Å². The highest BCUT2D eigenvalue weighted by Gasteiger charge is 2.59. The summed E-state index contributed by atoms with van der Waals surface area (Å²) in [7, 11) is 0. The number of hydrogen-bond donors (Lipinski definition) is 2. The van der Waals surface area contributed by atoms with Gasteiger partial charge in [0.2, 0.25) is 0 Å². The van der Waals surface area contributed by atoms with Gasteiger partial charge in [-0.05, 0) is 34.1 Å². The minimum absolute atomic E-state index is 0.111. The Balaban J connectivity index is 1.50. The van der Waals surface area contributed by atoms with Crippen molar-refractivity contribution in [3.63, 3.8) is 0 Å². The lowest BCUT2D eigenvalue weighted by Gasteiger charge is -2.55. The average molecular weight is 367 g/mol. The molecule has 0 aromatic rings. The van der Waals surface area contributed by atoms with Crippen LogP contribution in [0.15, 0.2) is 4.99 Å². The molecule has 148 valence electrons. The summed E-state index contributed by atoms with van der Waals surface area (Å²) >= 11 is 0. The van der Waals surface area contributed by atoms with E-state index in [0.717, 1.165) is 25.5 Å². The van der Waals surface area contributed by atoms with Crippen molar-refractivity contribution < 1.29 is 14.3 Å². The quantitative estimate of drug-likeness (QED) is 0.590. The van der Waals surface area contributed by atoms with E-state index in [1.807, 2.05) is 27.7 Å². The smallest absolute Gasteiger partial charge is 0.410 e. The Morgan fingerprint density at radius 3 is 2.62 bits per heavy atom. The number of nitrogens with one attached hydrogen (secondary N) is 2. The molecule has 0 radical (unpaired) electrons. The average Bonchev–Trinajstić information content (AvgIpc) is 2.92. The molecule has 2 heterocycles. The maximum absolute atomic E-state index is 12.1. The van der Waals surface area contributed by atoms with Crippen LogP contribution < -0.4 is 10.6 Å². The molecule has 3 rings (SSSR count). The summed E-state index contributed by atoms with van der Waals surface area (Å²) in [6.07, 6.45) is 1.22. The number of carbonyl (C=O) groups excluding carboxylic acids is 1. The lowest BCUT2D eigenvalue weighted by Crippen LogP contribution is -2.70. The van der Waals surface area contributed by atoms with Gasteiger partial charge in [-0.25, -0.2) is 4.79 Å². The number of rotatable bonds is 3. The van der Waals surface area contributed by atoms with E-state index in [-0.39, 0.29) is 17.6 Å². The van der Waals surface area contributed by atoms with Crippen LogP contribution in [0.5, 0.6) is 0 Å². The van der Waals surface area contributed by atoms with Gasteiger partial charge in [-0.15, -0.1) is 0 Å². The van der Waals surface area contributed by atoms with Crippen molar-refractivity contribution in [2.75, 3.05) is 26.2 Å². The molecule has 1 aliphatic carbocycles. The first-order valence-electron chi connectivity index (χ1n) is 9.79. The molecular formula is C19H34N4O3. The molecule has 3 unspecified atom stereocenters. The Bertz CT molecular complexity index is 564. The highest BCUT2D eigenvalue weighted by Crippen LogP contribution is 2.52. The molecule has 0 spiro atoms. The number of aliphatic imine (C=N–C) groups is 1. The maximum Gasteiger partial charge on any atom is 0.410 e. The minimum atomic E-state index is -0.457. The van der Waals surface area contributed by atoms with Crippen molar-refractivity contribution in [1.82, 2.24) is 15.5 Å². The number of ether oxygens (including phenoxy) is 2. The predicted octanol–water partition coefficient (Wildman–Crippen LogP) is 1.97. The predicted molar refractivity (Wildman–Crippen MR) is 101 cm³/mol. The fourth-order valence-electron chi connectivity index (χ4n) is 4.29. The van der Waals surface area contributed by atoms with E-state index in [1.165, 1.54) is 0 Å². The molecule has 7 nitrogen and oxygen atoms in total. The van der Waals surface area contributed by atoms with Crippen molar-refractivity contribution in [2.24, 2.45) is 16.3 Å². The van der Waals surface area contributed by atoms with Crippen LogP contribution in [0.25, 0.3) is 0 Å². The van der Waals surface area contributed by atoms with Gasteiger partial charge in [-0.3, -0.25) is 4.99 Å². The second-order valence-corrected chi connectivity index (χ2v) is 9.24. The first kappa shape index (κ1) is 19.3. The molecule has 0 bridgehead atoms. The number of carbonyl (C=O) groups is 1. The lowest BCUT2D eigenvalue weighted by atomic mass is 9.57. The number of guanidine groups is 1. The number of likely N-dealkylation sites (tertiary alicyclic amines) is 1. The van der Waals surface area contributed by atoms with Gasteiger partial charge in [0, 0.05) is 43.6 Å². The SMILES string of the molecule is CCN=C(NC1CN(C(=O)OC(C)(C)C)C1)NC1C2CCOC2C1(C)C. The highest BCUT2D eigenvalue weighted by atomic mass is 16.6. The standard InChI is InChI=1S/C19H34N4O3/c1-7-20-16(22-14-13-8-9-25-15(13)19(14,5)6)21-12-10-23(11-12)17(24)26-18(2,3)4/h12-15H,7-11H2,1-6H3,(H2,20,21,22). The molecule has 0 aromatic heterocycles. The van der Waals surface area contributed by atoms with Crippen LogP contribution in [0.2, 0.25) is 0 Å². The third-order valence-corrected chi connectivity index (χ3v) is 5.58. The molecule has 26 heavy (non-hydrogen) atoms. The topological polar surface area (TPSA) is 75.2 Å². The summed E-state index contributed by atoms with van der Waals surface area (Å²) < 4.78 is 11.3. The van der Waals surface area contributed by atoms with Crippen LogP contribution in [0.4, 0.5) is 4.79 Å². The van der Waals surface area contributed by atoms with Crippen molar-refractivity contribution in [3.05, 3.63) is 0 Å². The van der Waals surface area contributed by atoms with Crippen LogP contribution in [-0.2, 0) is 9.47 Å². The summed E-state index contributed by atoms with van der Waals surface area (Å²) in [5.41, 5.74) is -0.346. The first-order chi connectivity index (χ1) is 12.1. The van der Waals surface area contributed by atoms with Crippen molar-refractivity contribution in [2.45, 2.75) is 71.8 Å². The number of hydrogen-bond acceptors (Lipinski definition) is 4. The fourth-order valence-corrected chi connectivity index (χ4v) is 4.29. The summed E-state index contributed by atoms with van der Waals surface area (Å²) in [5.74, 6) is 1.40. The highest BCUT2D eigenvalue weighted by molar-refractivity contribution is 5.81. The largest absolute Gasteiger partial charge is 0.444 e. The van der Waals surface area contributed by atoms with Gasteiger partial charge in [-0.2, -0.15) is 0 Å². The van der Waals surface area contributed by atoms with Crippen molar-refractivity contribution >= 4 is 12.1 Å². The van der Waals surface area contributed by atoms with Gasteiger partial charge < -0.3 is 25.0 Å². The number of fused-ring (bicyclic) bond motifs is 1. The van der Waals surface area contributed by atoms with Gasteiger partial charge in [0.25, 0.3) is 0 Å². The molecule has 1 amide bonds. The zero-order valence-electron chi connectivity index (χ0n) is 17.0. The Morgan fingerprint density at radius 1 is 1.31 bits per heavy atom. The zero-order valence-corrected chi connectivity index (χ0v) is 17.0. The molecule has 3 atom stereocenters. The molecular weight excluding hydrogens is 332 g/mol. The molecule has 7 heteroatoms. The van der Waals surface area contributed by atoms with E-state index in [2.05, 4.69) is 29.5 Å². The third-order valence-electron chi connectivity index (χ3n) is 5.58. The second kappa shape index (κ2) is 6.91. The molecule has 3 fully saturated rings. The van der Waals surface area contributed by atoms with E-state index in [4.69, 9.17) is 9.47 Å². The summed E-state index contributed by atoms with van der Waals surface area (Å²) in [6.45, 7) is 15.1. The van der Waals surface area contributed by atoms with Gasteiger partial charge >= 0.3 is 6.09 Å². The van der Waals surface area contributed by atoms with Gasteiger partial charge in [-0.1, -0.05) is 13.8 Å².